The van der Waals surface area contributed by atoms with Crippen LogP contribution in [0, 0.1) is 0 Å². The Morgan fingerprint density at radius 1 is 1.19 bits per heavy atom. The van der Waals surface area contributed by atoms with E-state index in [-0.39, 0.29) is 13.2 Å². The van der Waals surface area contributed by atoms with Crippen molar-refractivity contribution in [3.63, 3.8) is 0 Å². The Labute approximate surface area is 101 Å². The predicted octanol–water partition coefficient (Wildman–Crippen LogP) is 1.11. The highest BCUT2D eigenvalue weighted by Gasteiger charge is 2.20. The van der Waals surface area contributed by atoms with Gasteiger partial charge in [-0.15, -0.1) is 11.8 Å². The first-order valence-electron chi connectivity index (χ1n) is 5.35. The molecule has 0 aliphatic rings. The van der Waals surface area contributed by atoms with Gasteiger partial charge in [-0.1, -0.05) is 18.2 Å². The molecule has 0 unspecified atom stereocenters. The minimum absolute atomic E-state index is 0.0560. The number of aliphatic hydroxyl groups excluding tert-OH is 2. The second-order valence-corrected chi connectivity index (χ2v) is 5.13. The zero-order chi connectivity index (χ0) is 11.9. The molecule has 1 rings (SSSR count). The second kappa shape index (κ2) is 6.91. The Hall–Kier alpha value is -0.550. The summed E-state index contributed by atoms with van der Waals surface area (Å²) in [6.07, 6.45) is 0. The van der Waals surface area contributed by atoms with Crippen LogP contribution in [-0.2, 0) is 0 Å². The Morgan fingerprint density at radius 3 is 2.38 bits per heavy atom. The molecular weight excluding hydrogens is 222 g/mol. The molecule has 0 saturated carbocycles. The topological polar surface area (TPSA) is 52.5 Å². The van der Waals surface area contributed by atoms with Gasteiger partial charge in [0.2, 0.25) is 0 Å². The van der Waals surface area contributed by atoms with Crippen molar-refractivity contribution in [2.75, 3.05) is 25.5 Å². The van der Waals surface area contributed by atoms with Gasteiger partial charge in [-0.3, -0.25) is 0 Å². The predicted molar refractivity (Wildman–Crippen MR) is 67.7 cm³/mol. The highest BCUT2D eigenvalue weighted by Crippen LogP contribution is 2.16. The molecule has 0 bridgehead atoms. The maximum atomic E-state index is 9.07. The Bertz CT molecular complexity index is 288. The lowest BCUT2D eigenvalue weighted by Gasteiger charge is -2.26. The van der Waals surface area contributed by atoms with Gasteiger partial charge < -0.3 is 15.5 Å². The van der Waals surface area contributed by atoms with Crippen molar-refractivity contribution in [2.45, 2.75) is 17.4 Å². The second-order valence-electron chi connectivity index (χ2n) is 3.97. The summed E-state index contributed by atoms with van der Waals surface area (Å²) >= 11 is 1.76. The number of thioether (sulfide) groups is 1. The molecule has 0 aromatic heterocycles. The highest BCUT2D eigenvalue weighted by molar-refractivity contribution is 7.99. The van der Waals surface area contributed by atoms with Gasteiger partial charge in [0.1, 0.15) is 0 Å². The van der Waals surface area contributed by atoms with Crippen LogP contribution in [0.25, 0.3) is 0 Å². The quantitative estimate of drug-likeness (QED) is 0.494. The minimum atomic E-state index is -0.572. The minimum Gasteiger partial charge on any atom is -0.394 e. The Morgan fingerprint density at radius 2 is 1.81 bits per heavy atom. The van der Waals surface area contributed by atoms with Gasteiger partial charge in [0.25, 0.3) is 0 Å². The number of rotatable bonds is 7. The third kappa shape index (κ3) is 4.53. The first-order chi connectivity index (χ1) is 7.70. The third-order valence-electron chi connectivity index (χ3n) is 2.36. The molecule has 4 heteroatoms. The maximum absolute atomic E-state index is 9.07. The zero-order valence-electron chi connectivity index (χ0n) is 9.52. The average Bonchev–Trinajstić information content (AvgIpc) is 2.36. The molecular formula is C12H19NO2S. The van der Waals surface area contributed by atoms with Crippen molar-refractivity contribution in [2.24, 2.45) is 0 Å². The number of aliphatic hydroxyl groups is 2. The molecule has 0 saturated heterocycles. The van der Waals surface area contributed by atoms with Crippen LogP contribution in [0.1, 0.15) is 6.92 Å². The van der Waals surface area contributed by atoms with E-state index in [2.05, 4.69) is 17.4 Å². The maximum Gasteiger partial charge on any atom is 0.0633 e. The molecule has 0 atom stereocenters. The number of hydrogen-bond acceptors (Lipinski definition) is 4. The monoisotopic (exact) mass is 241 g/mol. The SMILES string of the molecule is CC(CO)(CO)NCCSc1ccccc1. The van der Waals surface area contributed by atoms with Crippen LogP contribution in [0.5, 0.6) is 0 Å². The van der Waals surface area contributed by atoms with Gasteiger partial charge in [0, 0.05) is 17.2 Å². The summed E-state index contributed by atoms with van der Waals surface area (Å²) in [5.74, 6) is 0.916. The first kappa shape index (κ1) is 13.5. The van der Waals surface area contributed by atoms with Crippen LogP contribution < -0.4 is 5.32 Å². The van der Waals surface area contributed by atoms with E-state index < -0.39 is 5.54 Å². The lowest BCUT2D eigenvalue weighted by molar-refractivity contribution is 0.106. The standard InChI is InChI=1S/C12H19NO2S/c1-12(9-14,10-15)13-7-8-16-11-5-3-2-4-6-11/h2-6,13-15H,7-10H2,1H3. The van der Waals surface area contributed by atoms with E-state index in [0.29, 0.717) is 0 Å². The summed E-state index contributed by atoms with van der Waals surface area (Å²) in [7, 11) is 0. The van der Waals surface area contributed by atoms with Crippen LogP contribution in [-0.4, -0.2) is 41.3 Å². The van der Waals surface area contributed by atoms with Crippen molar-refractivity contribution in [1.82, 2.24) is 5.32 Å². The number of nitrogens with one attached hydrogen (secondary N) is 1. The number of hydrogen-bond donors (Lipinski definition) is 3. The smallest absolute Gasteiger partial charge is 0.0633 e. The highest BCUT2D eigenvalue weighted by atomic mass is 32.2. The molecule has 3 N–H and O–H groups in total. The van der Waals surface area contributed by atoms with E-state index in [1.54, 1.807) is 18.7 Å². The van der Waals surface area contributed by atoms with Crippen LogP contribution in [0.3, 0.4) is 0 Å². The zero-order valence-corrected chi connectivity index (χ0v) is 10.3. The average molecular weight is 241 g/mol. The third-order valence-corrected chi connectivity index (χ3v) is 3.38. The summed E-state index contributed by atoms with van der Waals surface area (Å²) in [4.78, 5) is 1.24. The van der Waals surface area contributed by atoms with E-state index in [0.717, 1.165) is 12.3 Å². The molecule has 3 nitrogen and oxygen atoms in total. The van der Waals surface area contributed by atoms with Crippen LogP contribution in [0.2, 0.25) is 0 Å². The van der Waals surface area contributed by atoms with E-state index >= 15 is 0 Å². The summed E-state index contributed by atoms with van der Waals surface area (Å²) in [5, 5.41) is 21.3. The largest absolute Gasteiger partial charge is 0.394 e. The van der Waals surface area contributed by atoms with Crippen molar-refractivity contribution in [3.05, 3.63) is 30.3 Å². The molecule has 0 spiro atoms. The van der Waals surface area contributed by atoms with Crippen molar-refractivity contribution >= 4 is 11.8 Å². The van der Waals surface area contributed by atoms with E-state index in [1.807, 2.05) is 18.2 Å². The van der Waals surface area contributed by atoms with Crippen LogP contribution >= 0.6 is 11.8 Å². The molecule has 0 amide bonds. The molecule has 0 radical (unpaired) electrons. The molecule has 0 fully saturated rings. The molecule has 1 aromatic carbocycles. The van der Waals surface area contributed by atoms with Gasteiger partial charge in [0.05, 0.1) is 18.8 Å². The molecule has 90 valence electrons. The van der Waals surface area contributed by atoms with Gasteiger partial charge in [-0.25, -0.2) is 0 Å². The fourth-order valence-electron chi connectivity index (χ4n) is 1.20. The van der Waals surface area contributed by atoms with E-state index in [1.165, 1.54) is 4.90 Å². The lowest BCUT2D eigenvalue weighted by atomic mass is 10.1. The van der Waals surface area contributed by atoms with Gasteiger partial charge in [-0.2, -0.15) is 0 Å². The molecule has 1 aromatic rings. The van der Waals surface area contributed by atoms with Crippen LogP contribution in [0.4, 0.5) is 0 Å². The lowest BCUT2D eigenvalue weighted by Crippen LogP contribution is -2.49. The molecule has 0 aliphatic carbocycles. The van der Waals surface area contributed by atoms with Gasteiger partial charge >= 0.3 is 0 Å². The Balaban J connectivity index is 2.22. The fraction of sp³-hybridized carbons (Fsp3) is 0.500. The van der Waals surface area contributed by atoms with Crippen LogP contribution in [0.15, 0.2) is 35.2 Å². The normalized spacial score (nSPS) is 11.7. The summed E-state index contributed by atoms with van der Waals surface area (Å²) < 4.78 is 0. The van der Waals surface area contributed by atoms with Crippen molar-refractivity contribution in [3.8, 4) is 0 Å². The molecule has 16 heavy (non-hydrogen) atoms. The van der Waals surface area contributed by atoms with Crippen molar-refractivity contribution < 1.29 is 10.2 Å². The Kier molecular flexibility index (Phi) is 5.84. The summed E-state index contributed by atoms with van der Waals surface area (Å²) in [6.45, 7) is 2.45. The van der Waals surface area contributed by atoms with Gasteiger partial charge in [0.15, 0.2) is 0 Å². The van der Waals surface area contributed by atoms with Gasteiger partial charge in [-0.05, 0) is 19.1 Å². The van der Waals surface area contributed by atoms with Crippen molar-refractivity contribution in [1.29, 1.82) is 0 Å². The first-order valence-corrected chi connectivity index (χ1v) is 6.33. The summed E-state index contributed by atoms with van der Waals surface area (Å²) in [6, 6.07) is 10.2. The van der Waals surface area contributed by atoms with E-state index in [9.17, 15) is 0 Å². The number of benzene rings is 1. The molecule has 0 heterocycles. The fourth-order valence-corrected chi connectivity index (χ4v) is 1.99. The van der Waals surface area contributed by atoms with E-state index in [4.69, 9.17) is 10.2 Å². The molecule has 0 aliphatic heterocycles. The summed E-state index contributed by atoms with van der Waals surface area (Å²) in [5.41, 5.74) is -0.572.